The van der Waals surface area contributed by atoms with Gasteiger partial charge in [-0.3, -0.25) is 9.59 Å². The molecule has 2 atom stereocenters. The second-order valence-corrected chi connectivity index (χ2v) is 17.4. The van der Waals surface area contributed by atoms with Gasteiger partial charge >= 0.3 is 11.9 Å². The normalized spacial score (nSPS) is 14.0. The minimum Gasteiger partial charge on any atom is -0.459 e. The van der Waals surface area contributed by atoms with Gasteiger partial charge < -0.3 is 19.4 Å². The highest BCUT2D eigenvalue weighted by Crippen LogP contribution is 2.38. The number of ether oxygens (including phenoxy) is 2. The summed E-state index contributed by atoms with van der Waals surface area (Å²) in [6.07, 6.45) is 3.57. The van der Waals surface area contributed by atoms with E-state index in [1.165, 1.54) is 0 Å². The summed E-state index contributed by atoms with van der Waals surface area (Å²) in [5.74, 6) is -0.427. The first-order chi connectivity index (χ1) is 23.1. The Bertz CT molecular complexity index is 1990. The van der Waals surface area contributed by atoms with Crippen molar-refractivity contribution < 1.29 is 19.1 Å². The zero-order chi connectivity index (χ0) is 36.8. The molecule has 5 rings (SSSR count). The first-order valence-electron chi connectivity index (χ1n) is 17.3. The van der Waals surface area contributed by atoms with Gasteiger partial charge in [0.2, 0.25) is 0 Å². The number of fused-ring (bicyclic) bond motifs is 1. The number of carbonyl (C=O) groups excluding carboxylic acids is 2. The van der Waals surface area contributed by atoms with Crippen LogP contribution in [0.25, 0.3) is 44.4 Å². The molecule has 264 valence electrons. The zero-order valence-corrected chi connectivity index (χ0v) is 31.6. The molecule has 2 aromatic heterocycles. The number of hydrogen-bond donors (Lipinski definition) is 2. The number of aromatic amines is 2. The lowest BCUT2D eigenvalue weighted by molar-refractivity contribution is -0.161. The Balaban J connectivity index is 1.35. The quantitative estimate of drug-likeness (QED) is 0.166. The molecule has 50 heavy (non-hydrogen) atoms. The van der Waals surface area contributed by atoms with Crippen molar-refractivity contribution in [2.24, 2.45) is 10.8 Å². The lowest BCUT2D eigenvalue weighted by atomic mass is 9.80. The molecule has 0 radical (unpaired) electrons. The second kappa shape index (κ2) is 13.2. The minimum atomic E-state index is -0.584. The molecule has 5 aromatic rings. The summed E-state index contributed by atoms with van der Waals surface area (Å²) in [5.41, 5.74) is 3.94. The second-order valence-electron chi connectivity index (χ2n) is 17.4. The van der Waals surface area contributed by atoms with E-state index in [4.69, 9.17) is 9.47 Å². The van der Waals surface area contributed by atoms with Crippen LogP contribution in [0.5, 0.6) is 0 Å². The largest absolute Gasteiger partial charge is 0.459 e. The fourth-order valence-electron chi connectivity index (χ4n) is 6.17. The number of benzene rings is 3. The van der Waals surface area contributed by atoms with Crippen LogP contribution in [0.1, 0.15) is 107 Å². The number of nitrogens with zero attached hydrogens (tertiary/aromatic N) is 2. The molecule has 3 aromatic carbocycles. The summed E-state index contributed by atoms with van der Waals surface area (Å²) in [6.45, 7) is 23.4. The first-order valence-corrected chi connectivity index (χ1v) is 17.3. The number of esters is 2. The van der Waals surface area contributed by atoms with Crippen LogP contribution in [0.15, 0.2) is 73.1 Å². The van der Waals surface area contributed by atoms with Gasteiger partial charge in [-0.15, -0.1) is 0 Å². The molecular formula is C42H52N4O4. The fraction of sp³-hybridized carbons (Fsp3) is 0.429. The minimum absolute atomic E-state index is 0.286. The third-order valence-electron chi connectivity index (χ3n) is 8.44. The number of hydrogen-bond acceptors (Lipinski definition) is 6. The van der Waals surface area contributed by atoms with Crippen LogP contribution in [0, 0.1) is 10.8 Å². The maximum Gasteiger partial charge on any atom is 0.317 e. The van der Waals surface area contributed by atoms with Crippen LogP contribution < -0.4 is 0 Å². The van der Waals surface area contributed by atoms with Crippen molar-refractivity contribution in [2.75, 3.05) is 0 Å². The van der Waals surface area contributed by atoms with Gasteiger partial charge in [0.15, 0.2) is 0 Å². The molecule has 0 bridgehead atoms. The SMILES string of the molecule is CC(C)(C)OC(=O)[C@H](c1ncc(-c2ccc(-c3ccc4cc(-c5cnc([C@@H](C(=O)OC(C)(C)C)C(C)(C)C)[nH]5)ccc4c3)cc2)[nH]1)C(C)(C)C. The van der Waals surface area contributed by atoms with Crippen molar-refractivity contribution >= 4 is 22.7 Å². The number of nitrogens with one attached hydrogen (secondary N) is 2. The lowest BCUT2D eigenvalue weighted by Gasteiger charge is -2.30. The summed E-state index contributed by atoms with van der Waals surface area (Å²) in [5, 5.41) is 2.21. The molecule has 0 aliphatic rings. The molecule has 0 saturated carbocycles. The van der Waals surface area contributed by atoms with Gasteiger partial charge in [0.05, 0.1) is 23.8 Å². The Morgan fingerprint density at radius 1 is 0.520 bits per heavy atom. The van der Waals surface area contributed by atoms with Crippen molar-refractivity contribution in [3.63, 3.8) is 0 Å². The summed E-state index contributed by atoms with van der Waals surface area (Å²) < 4.78 is 11.5. The molecule has 2 N–H and O–H groups in total. The van der Waals surface area contributed by atoms with E-state index in [0.29, 0.717) is 11.6 Å². The maximum atomic E-state index is 13.2. The van der Waals surface area contributed by atoms with Gasteiger partial charge in [0.25, 0.3) is 0 Å². The molecule has 2 heterocycles. The predicted molar refractivity (Wildman–Crippen MR) is 201 cm³/mol. The van der Waals surface area contributed by atoms with E-state index >= 15 is 0 Å². The van der Waals surface area contributed by atoms with Crippen molar-refractivity contribution in [3.8, 4) is 33.6 Å². The molecule has 0 spiro atoms. The van der Waals surface area contributed by atoms with E-state index in [0.717, 1.165) is 44.4 Å². The van der Waals surface area contributed by atoms with Crippen LogP contribution in [-0.2, 0) is 19.1 Å². The Hall–Kier alpha value is -4.72. The molecule has 0 saturated heterocycles. The molecule has 8 heteroatoms. The van der Waals surface area contributed by atoms with Gasteiger partial charge in [0.1, 0.15) is 34.7 Å². The Morgan fingerprint density at radius 3 is 1.30 bits per heavy atom. The monoisotopic (exact) mass is 676 g/mol. The third kappa shape index (κ3) is 8.52. The van der Waals surface area contributed by atoms with Gasteiger partial charge in [-0.2, -0.15) is 0 Å². The number of carbonyl (C=O) groups is 2. The van der Waals surface area contributed by atoms with Crippen LogP contribution in [0.4, 0.5) is 0 Å². The number of imidazole rings is 2. The van der Waals surface area contributed by atoms with Gasteiger partial charge in [-0.25, -0.2) is 9.97 Å². The van der Waals surface area contributed by atoms with Gasteiger partial charge in [0, 0.05) is 5.56 Å². The van der Waals surface area contributed by atoms with Crippen molar-refractivity contribution in [2.45, 2.75) is 106 Å². The molecular weight excluding hydrogens is 624 g/mol. The topological polar surface area (TPSA) is 110 Å². The van der Waals surface area contributed by atoms with E-state index < -0.39 is 23.0 Å². The lowest BCUT2D eigenvalue weighted by Crippen LogP contribution is -2.34. The van der Waals surface area contributed by atoms with E-state index in [2.05, 4.69) is 80.6 Å². The van der Waals surface area contributed by atoms with E-state index in [1.807, 2.05) is 83.1 Å². The molecule has 0 fully saturated rings. The van der Waals surface area contributed by atoms with Gasteiger partial charge in [-0.1, -0.05) is 90.1 Å². The molecule has 8 nitrogen and oxygen atoms in total. The Morgan fingerprint density at radius 2 is 0.880 bits per heavy atom. The number of H-pyrrole nitrogens is 2. The summed E-state index contributed by atoms with van der Waals surface area (Å²) in [6, 6.07) is 21.1. The van der Waals surface area contributed by atoms with Crippen LogP contribution >= 0.6 is 0 Å². The van der Waals surface area contributed by atoms with Crippen LogP contribution in [-0.4, -0.2) is 43.1 Å². The highest BCUT2D eigenvalue weighted by atomic mass is 16.6. The number of rotatable bonds is 7. The first kappa shape index (κ1) is 36.6. The average Bonchev–Trinajstić information content (AvgIpc) is 3.64. The van der Waals surface area contributed by atoms with E-state index in [-0.39, 0.29) is 22.8 Å². The maximum absolute atomic E-state index is 13.2. The van der Waals surface area contributed by atoms with E-state index in [1.54, 1.807) is 12.4 Å². The highest BCUT2D eigenvalue weighted by molar-refractivity contribution is 5.90. The van der Waals surface area contributed by atoms with E-state index in [9.17, 15) is 9.59 Å². The Labute approximate surface area is 296 Å². The highest BCUT2D eigenvalue weighted by Gasteiger charge is 2.39. The average molecular weight is 677 g/mol. The summed E-state index contributed by atoms with van der Waals surface area (Å²) in [7, 11) is 0. The van der Waals surface area contributed by atoms with Crippen molar-refractivity contribution in [3.05, 3.63) is 84.7 Å². The fourth-order valence-corrected chi connectivity index (χ4v) is 6.17. The standard InChI is InChI=1S/C42H52N4O4/c1-39(2,3)33(37(47)49-41(7,8)9)35-43-23-31(45-35)26-15-13-25(14-16-26)27-17-18-29-22-30(20-19-28(29)21-27)32-24-44-36(46-32)34(40(4,5)6)38(48)50-42(10,11)12/h13-24,33-34H,1-12H3,(H,43,45)(H,44,46)/t33-,34-/m0/s1. The zero-order valence-electron chi connectivity index (χ0n) is 31.6. The van der Waals surface area contributed by atoms with Crippen molar-refractivity contribution in [1.82, 2.24) is 19.9 Å². The van der Waals surface area contributed by atoms with Gasteiger partial charge in [-0.05, 0) is 92.0 Å². The predicted octanol–water partition coefficient (Wildman–Crippen LogP) is 10.2. The third-order valence-corrected chi connectivity index (χ3v) is 8.44. The summed E-state index contributed by atoms with van der Waals surface area (Å²) >= 11 is 0. The smallest absolute Gasteiger partial charge is 0.317 e. The Kier molecular flexibility index (Phi) is 9.65. The summed E-state index contributed by atoms with van der Waals surface area (Å²) in [4.78, 5) is 42.4. The van der Waals surface area contributed by atoms with Crippen molar-refractivity contribution in [1.29, 1.82) is 0 Å². The van der Waals surface area contributed by atoms with Crippen LogP contribution in [0.3, 0.4) is 0 Å². The molecule has 0 aliphatic heterocycles. The molecule has 0 unspecified atom stereocenters. The molecule has 0 aliphatic carbocycles. The van der Waals surface area contributed by atoms with Crippen LogP contribution in [0.2, 0.25) is 0 Å². The number of aromatic nitrogens is 4. The molecule has 0 amide bonds.